The lowest BCUT2D eigenvalue weighted by atomic mass is 9.91. The molecule has 2 aliphatic heterocycles. The molecule has 0 bridgehead atoms. The Morgan fingerprint density at radius 1 is 1.22 bits per heavy atom. The number of hydrogen-bond donors (Lipinski definition) is 0. The van der Waals surface area contributed by atoms with Gasteiger partial charge in [-0.05, 0) is 25.1 Å². The maximum Gasteiger partial charge on any atom is 0.354 e. The summed E-state index contributed by atoms with van der Waals surface area (Å²) in [7, 11) is 0. The Kier molecular flexibility index (Phi) is 4.96. The smallest absolute Gasteiger partial charge is 0.354 e. The van der Waals surface area contributed by atoms with Gasteiger partial charge < -0.3 is 4.74 Å². The molecule has 1 aromatic rings. The topological polar surface area (TPSA) is 96.3 Å². The number of rotatable bonds is 3. The quantitative estimate of drug-likeness (QED) is 0.560. The molecule has 8 nitrogen and oxygen atoms in total. The van der Waals surface area contributed by atoms with Crippen LogP contribution >= 0.6 is 23.2 Å². The van der Waals surface area contributed by atoms with Gasteiger partial charge in [-0.15, -0.1) is 0 Å². The molecule has 3 rings (SSSR count). The van der Waals surface area contributed by atoms with Crippen LogP contribution in [0.2, 0.25) is 10.0 Å². The first kappa shape index (κ1) is 19.3. The number of benzene rings is 1. The fourth-order valence-corrected chi connectivity index (χ4v) is 3.51. The molecule has 0 aliphatic carbocycles. The maximum atomic E-state index is 13.2. The molecule has 1 atom stereocenters. The highest BCUT2D eigenvalue weighted by atomic mass is 35.5. The first-order chi connectivity index (χ1) is 12.7. The van der Waals surface area contributed by atoms with Crippen LogP contribution in [0.15, 0.2) is 23.3 Å². The average Bonchev–Trinajstić information content (AvgIpc) is 3.10. The summed E-state index contributed by atoms with van der Waals surface area (Å²) in [5.41, 5.74) is -1.44. The van der Waals surface area contributed by atoms with Crippen molar-refractivity contribution in [1.29, 1.82) is 0 Å². The number of imide groups is 1. The average molecular weight is 412 g/mol. The standard InChI is InChI=1S/C17H15Cl2N3O5/c1-3-27-15(25)13-7-17(22(20-13)9(2)23)8-14(24)21(16(17)26)10-4-5-11(18)12(19)6-10/h4-6H,3,7-8H2,1-2H3/t17-/m1/s1. The van der Waals surface area contributed by atoms with Gasteiger partial charge in [0.25, 0.3) is 5.91 Å². The zero-order valence-corrected chi connectivity index (χ0v) is 16.0. The van der Waals surface area contributed by atoms with E-state index in [0.29, 0.717) is 0 Å². The summed E-state index contributed by atoms with van der Waals surface area (Å²) in [6.45, 7) is 2.95. The van der Waals surface area contributed by atoms with Crippen LogP contribution in [0, 0.1) is 0 Å². The highest BCUT2D eigenvalue weighted by molar-refractivity contribution is 6.42. The Balaban J connectivity index is 2.00. The maximum absolute atomic E-state index is 13.2. The van der Waals surface area contributed by atoms with Crippen molar-refractivity contribution in [2.75, 3.05) is 11.5 Å². The monoisotopic (exact) mass is 411 g/mol. The van der Waals surface area contributed by atoms with Crippen LogP contribution < -0.4 is 4.90 Å². The van der Waals surface area contributed by atoms with Gasteiger partial charge >= 0.3 is 5.97 Å². The minimum atomic E-state index is -1.59. The van der Waals surface area contributed by atoms with Crippen molar-refractivity contribution in [2.45, 2.75) is 32.2 Å². The third kappa shape index (κ3) is 3.08. The van der Waals surface area contributed by atoms with Gasteiger partial charge in [-0.3, -0.25) is 14.4 Å². The molecule has 1 fully saturated rings. The molecule has 0 N–H and O–H groups in total. The number of nitrogens with zero attached hydrogens (tertiary/aromatic N) is 3. The second-order valence-corrected chi connectivity index (χ2v) is 6.93. The van der Waals surface area contributed by atoms with Crippen molar-refractivity contribution in [3.8, 4) is 0 Å². The van der Waals surface area contributed by atoms with Crippen LogP contribution in [-0.2, 0) is 23.9 Å². The molecule has 1 spiro atoms. The Hall–Kier alpha value is -2.45. The predicted octanol–water partition coefficient (Wildman–Crippen LogP) is 2.17. The number of halogens is 2. The minimum Gasteiger partial charge on any atom is -0.461 e. The van der Waals surface area contributed by atoms with Gasteiger partial charge in [0.05, 0.1) is 28.8 Å². The SMILES string of the molecule is CCOC(=O)C1=NN(C(C)=O)[C@@]2(CC(=O)N(c3ccc(Cl)c(Cl)c3)C2=O)C1. The molecular weight excluding hydrogens is 397 g/mol. The molecular formula is C17H15Cl2N3O5. The lowest BCUT2D eigenvalue weighted by Crippen LogP contribution is -2.51. The molecule has 0 unspecified atom stereocenters. The van der Waals surface area contributed by atoms with Crippen LogP contribution in [0.4, 0.5) is 5.69 Å². The summed E-state index contributed by atoms with van der Waals surface area (Å²) in [6.07, 6.45) is -0.508. The highest BCUT2D eigenvalue weighted by Crippen LogP contribution is 2.41. The largest absolute Gasteiger partial charge is 0.461 e. The van der Waals surface area contributed by atoms with Crippen molar-refractivity contribution in [3.05, 3.63) is 28.2 Å². The van der Waals surface area contributed by atoms with Gasteiger partial charge in [0, 0.05) is 13.3 Å². The van der Waals surface area contributed by atoms with Crippen molar-refractivity contribution in [2.24, 2.45) is 5.10 Å². The van der Waals surface area contributed by atoms with Crippen LogP contribution in [-0.4, -0.2) is 46.6 Å². The molecule has 1 saturated heterocycles. The normalized spacial score (nSPS) is 21.9. The third-order valence-electron chi connectivity index (χ3n) is 4.35. The molecule has 3 amide bonds. The molecule has 27 heavy (non-hydrogen) atoms. The van der Waals surface area contributed by atoms with Crippen LogP contribution in [0.1, 0.15) is 26.7 Å². The molecule has 0 saturated carbocycles. The number of anilines is 1. The van der Waals surface area contributed by atoms with Crippen LogP contribution in [0.3, 0.4) is 0 Å². The first-order valence-electron chi connectivity index (χ1n) is 8.09. The molecule has 142 valence electrons. The van der Waals surface area contributed by atoms with Gasteiger partial charge in [-0.25, -0.2) is 14.7 Å². The van der Waals surface area contributed by atoms with Crippen molar-refractivity contribution in [3.63, 3.8) is 0 Å². The van der Waals surface area contributed by atoms with E-state index in [-0.39, 0.29) is 40.9 Å². The Morgan fingerprint density at radius 3 is 2.52 bits per heavy atom. The summed E-state index contributed by atoms with van der Waals surface area (Å²) < 4.78 is 4.91. The summed E-state index contributed by atoms with van der Waals surface area (Å²) in [5, 5.41) is 5.31. The van der Waals surface area contributed by atoms with E-state index < -0.39 is 29.2 Å². The van der Waals surface area contributed by atoms with E-state index in [9.17, 15) is 19.2 Å². The minimum absolute atomic E-state index is 0.0795. The number of hydrogen-bond acceptors (Lipinski definition) is 6. The van der Waals surface area contributed by atoms with E-state index in [4.69, 9.17) is 27.9 Å². The molecule has 2 heterocycles. The fraction of sp³-hybridized carbons (Fsp3) is 0.353. The van der Waals surface area contributed by atoms with E-state index >= 15 is 0 Å². The highest BCUT2D eigenvalue weighted by Gasteiger charge is 2.61. The fourth-order valence-electron chi connectivity index (χ4n) is 3.22. The van der Waals surface area contributed by atoms with Gasteiger partial charge in [-0.1, -0.05) is 23.2 Å². The Morgan fingerprint density at radius 2 is 1.93 bits per heavy atom. The van der Waals surface area contributed by atoms with Crippen LogP contribution in [0.5, 0.6) is 0 Å². The lowest BCUT2D eigenvalue weighted by molar-refractivity contribution is -0.141. The van der Waals surface area contributed by atoms with E-state index in [0.717, 1.165) is 9.91 Å². The molecule has 1 aromatic carbocycles. The molecule has 0 radical (unpaired) electrons. The summed E-state index contributed by atoms with van der Waals surface area (Å²) in [5.74, 6) is -2.49. The lowest BCUT2D eigenvalue weighted by Gasteiger charge is -2.28. The van der Waals surface area contributed by atoms with Gasteiger partial charge in [0.15, 0.2) is 5.54 Å². The van der Waals surface area contributed by atoms with E-state index in [1.54, 1.807) is 6.92 Å². The predicted molar refractivity (Wildman–Crippen MR) is 97.5 cm³/mol. The third-order valence-corrected chi connectivity index (χ3v) is 5.09. The van der Waals surface area contributed by atoms with Crippen molar-refractivity contribution in [1.82, 2.24) is 5.01 Å². The van der Waals surface area contributed by atoms with Crippen LogP contribution in [0.25, 0.3) is 0 Å². The summed E-state index contributed by atoms with van der Waals surface area (Å²) >= 11 is 11.9. The van der Waals surface area contributed by atoms with E-state index in [1.165, 1.54) is 25.1 Å². The Labute approximate surface area is 164 Å². The Bertz CT molecular complexity index is 901. The number of ether oxygens (including phenoxy) is 1. The summed E-state index contributed by atoms with van der Waals surface area (Å²) in [4.78, 5) is 50.9. The zero-order chi connectivity index (χ0) is 19.9. The van der Waals surface area contributed by atoms with Crippen molar-refractivity contribution >= 4 is 58.3 Å². The second kappa shape index (κ2) is 6.94. The van der Waals surface area contributed by atoms with E-state index in [2.05, 4.69) is 5.10 Å². The van der Waals surface area contributed by atoms with Gasteiger partial charge in [0.2, 0.25) is 11.8 Å². The number of esters is 1. The summed E-state index contributed by atoms with van der Waals surface area (Å²) in [6, 6.07) is 4.32. The first-order valence-corrected chi connectivity index (χ1v) is 8.84. The number of hydrazone groups is 1. The number of amides is 3. The number of carbonyl (C=O) groups is 4. The van der Waals surface area contributed by atoms with Gasteiger partial charge in [-0.2, -0.15) is 5.10 Å². The molecule has 2 aliphatic rings. The van der Waals surface area contributed by atoms with Crippen molar-refractivity contribution < 1.29 is 23.9 Å². The zero-order valence-electron chi connectivity index (χ0n) is 14.5. The van der Waals surface area contributed by atoms with E-state index in [1.807, 2.05) is 0 Å². The van der Waals surface area contributed by atoms with Gasteiger partial charge in [0.1, 0.15) is 5.71 Å². The second-order valence-electron chi connectivity index (χ2n) is 6.12. The molecule has 10 heteroatoms. The molecule has 0 aromatic heterocycles. The number of carbonyl (C=O) groups excluding carboxylic acids is 4.